The summed E-state index contributed by atoms with van der Waals surface area (Å²) >= 11 is 6.45. The average Bonchev–Trinajstić information content (AvgIpc) is 2.77. The summed E-state index contributed by atoms with van der Waals surface area (Å²) < 4.78 is 17.1. The average molecular weight is 449 g/mol. The monoisotopic (exact) mass is 448 g/mol. The van der Waals surface area contributed by atoms with E-state index in [4.69, 9.17) is 25.8 Å². The van der Waals surface area contributed by atoms with Crippen LogP contribution in [0.25, 0.3) is 0 Å². The number of aliphatic hydroxyl groups excluding tert-OH is 3. The molecule has 0 radical (unpaired) electrons. The van der Waals surface area contributed by atoms with Gasteiger partial charge in [-0.25, -0.2) is 0 Å². The third kappa shape index (κ3) is 5.77. The van der Waals surface area contributed by atoms with E-state index >= 15 is 0 Å². The Morgan fingerprint density at radius 1 is 1.06 bits per heavy atom. The number of benzene rings is 2. The summed E-state index contributed by atoms with van der Waals surface area (Å²) in [6.45, 7) is 0.793. The molecule has 2 aliphatic rings. The Labute approximate surface area is 187 Å². The fraction of sp³-hybridized carbons (Fsp3) is 0.500. The number of ether oxygens (including phenoxy) is 3. The maximum atomic E-state index is 10.1. The van der Waals surface area contributed by atoms with Crippen molar-refractivity contribution in [3.05, 3.63) is 64.2 Å². The van der Waals surface area contributed by atoms with Gasteiger partial charge in [0.05, 0.1) is 38.1 Å². The molecule has 2 aromatic rings. The van der Waals surface area contributed by atoms with Gasteiger partial charge >= 0.3 is 0 Å². The molecule has 4 rings (SSSR count). The minimum absolute atomic E-state index is 0.104. The van der Waals surface area contributed by atoms with Crippen LogP contribution in [0.5, 0.6) is 5.75 Å². The van der Waals surface area contributed by atoms with E-state index in [9.17, 15) is 15.3 Å². The molecule has 0 spiro atoms. The summed E-state index contributed by atoms with van der Waals surface area (Å²) in [7, 11) is 0. The first-order valence-corrected chi connectivity index (χ1v) is 11.1. The molecule has 5 atom stereocenters. The fourth-order valence-corrected chi connectivity index (χ4v) is 4.36. The van der Waals surface area contributed by atoms with Crippen molar-refractivity contribution in [2.75, 3.05) is 19.8 Å². The highest BCUT2D eigenvalue weighted by atomic mass is 35.5. The summed E-state index contributed by atoms with van der Waals surface area (Å²) in [5.41, 5.74) is 3.00. The first-order valence-electron chi connectivity index (χ1n) is 10.8. The molecule has 7 heteroatoms. The Morgan fingerprint density at radius 3 is 2.61 bits per heavy atom. The summed E-state index contributed by atoms with van der Waals surface area (Å²) in [4.78, 5) is 0. The van der Waals surface area contributed by atoms with Gasteiger partial charge in [-0.05, 0) is 41.3 Å². The summed E-state index contributed by atoms with van der Waals surface area (Å²) in [6.07, 6.45) is 0.297. The highest BCUT2D eigenvalue weighted by Gasteiger charge is 2.29. The van der Waals surface area contributed by atoms with E-state index in [1.807, 2.05) is 42.5 Å². The molecule has 0 aliphatic carbocycles. The molecule has 2 fully saturated rings. The molecule has 2 aromatic carbocycles. The van der Waals surface area contributed by atoms with Gasteiger partial charge in [0.1, 0.15) is 18.0 Å². The van der Waals surface area contributed by atoms with Gasteiger partial charge in [-0.1, -0.05) is 35.9 Å². The third-order valence-electron chi connectivity index (χ3n) is 5.89. The normalized spacial score (nSPS) is 29.0. The van der Waals surface area contributed by atoms with Crippen LogP contribution in [0.15, 0.2) is 42.5 Å². The zero-order valence-electron chi connectivity index (χ0n) is 17.3. The lowest BCUT2D eigenvalue weighted by atomic mass is 9.94. The number of aliphatic hydroxyl groups is 3. The number of hydrogen-bond acceptors (Lipinski definition) is 6. The van der Waals surface area contributed by atoms with Crippen molar-refractivity contribution in [3.63, 3.8) is 0 Å². The van der Waals surface area contributed by atoms with Gasteiger partial charge in [0.25, 0.3) is 0 Å². The lowest BCUT2D eigenvalue weighted by molar-refractivity contribution is -0.113. The van der Waals surface area contributed by atoms with E-state index in [-0.39, 0.29) is 24.9 Å². The first kappa shape index (κ1) is 22.5. The Kier molecular flexibility index (Phi) is 7.48. The van der Waals surface area contributed by atoms with Crippen LogP contribution in [0.4, 0.5) is 0 Å². The molecular formula is C24H29ClO6. The van der Waals surface area contributed by atoms with Crippen LogP contribution in [0, 0.1) is 0 Å². The highest BCUT2D eigenvalue weighted by Crippen LogP contribution is 2.34. The Balaban J connectivity index is 1.43. The van der Waals surface area contributed by atoms with Gasteiger partial charge in [-0.3, -0.25) is 0 Å². The minimum atomic E-state index is -0.610. The molecule has 6 nitrogen and oxygen atoms in total. The maximum absolute atomic E-state index is 10.1. The zero-order valence-corrected chi connectivity index (χ0v) is 18.1. The lowest BCUT2D eigenvalue weighted by Crippen LogP contribution is -2.40. The lowest BCUT2D eigenvalue weighted by Gasteiger charge is -2.32. The molecule has 0 bridgehead atoms. The van der Waals surface area contributed by atoms with Gasteiger partial charge in [0.2, 0.25) is 0 Å². The van der Waals surface area contributed by atoms with Crippen LogP contribution in [0.2, 0.25) is 5.02 Å². The first-order chi connectivity index (χ1) is 15.0. The van der Waals surface area contributed by atoms with E-state index in [0.717, 1.165) is 16.7 Å². The molecule has 2 aliphatic heterocycles. The highest BCUT2D eigenvalue weighted by molar-refractivity contribution is 6.31. The quantitative estimate of drug-likeness (QED) is 0.629. The van der Waals surface area contributed by atoms with E-state index in [1.54, 1.807) is 0 Å². The Bertz CT molecular complexity index is 858. The zero-order chi connectivity index (χ0) is 21.8. The van der Waals surface area contributed by atoms with Crippen LogP contribution in [0.3, 0.4) is 0 Å². The third-order valence-corrected chi connectivity index (χ3v) is 6.26. The van der Waals surface area contributed by atoms with Crippen molar-refractivity contribution in [3.8, 4) is 5.75 Å². The number of halogens is 1. The van der Waals surface area contributed by atoms with Crippen molar-refractivity contribution < 1.29 is 29.5 Å². The number of hydrogen-bond donors (Lipinski definition) is 3. The van der Waals surface area contributed by atoms with E-state index in [1.165, 1.54) is 0 Å². The van der Waals surface area contributed by atoms with Crippen molar-refractivity contribution in [1.29, 1.82) is 0 Å². The molecule has 0 amide bonds. The topological polar surface area (TPSA) is 88.4 Å². The van der Waals surface area contributed by atoms with Crippen LogP contribution >= 0.6 is 11.6 Å². The molecule has 0 saturated carbocycles. The van der Waals surface area contributed by atoms with Crippen LogP contribution < -0.4 is 4.74 Å². The molecule has 2 unspecified atom stereocenters. The van der Waals surface area contributed by atoms with Gasteiger partial charge < -0.3 is 29.5 Å². The summed E-state index contributed by atoms with van der Waals surface area (Å²) in [5, 5.41) is 30.2. The van der Waals surface area contributed by atoms with E-state index in [0.29, 0.717) is 49.7 Å². The van der Waals surface area contributed by atoms with Crippen molar-refractivity contribution >= 4 is 11.6 Å². The van der Waals surface area contributed by atoms with E-state index < -0.39 is 12.2 Å². The van der Waals surface area contributed by atoms with Crippen molar-refractivity contribution in [2.45, 2.75) is 56.2 Å². The second-order valence-electron chi connectivity index (χ2n) is 8.31. The molecule has 31 heavy (non-hydrogen) atoms. The maximum Gasteiger partial charge on any atom is 0.129 e. The summed E-state index contributed by atoms with van der Waals surface area (Å²) in [6, 6.07) is 13.6. The second kappa shape index (κ2) is 10.3. The second-order valence-corrected chi connectivity index (χ2v) is 8.72. The minimum Gasteiger partial charge on any atom is -0.488 e. The van der Waals surface area contributed by atoms with Gasteiger partial charge in [0, 0.05) is 24.3 Å². The Morgan fingerprint density at radius 2 is 1.87 bits per heavy atom. The fourth-order valence-electron chi connectivity index (χ4n) is 4.17. The predicted molar refractivity (Wildman–Crippen MR) is 116 cm³/mol. The molecule has 2 heterocycles. The number of rotatable bonds is 6. The van der Waals surface area contributed by atoms with Crippen LogP contribution in [0.1, 0.15) is 42.1 Å². The van der Waals surface area contributed by atoms with Crippen LogP contribution in [-0.4, -0.2) is 59.6 Å². The molecule has 3 N–H and O–H groups in total. The molecule has 0 aromatic heterocycles. The smallest absolute Gasteiger partial charge is 0.129 e. The van der Waals surface area contributed by atoms with Gasteiger partial charge in [-0.15, -0.1) is 0 Å². The van der Waals surface area contributed by atoms with Gasteiger partial charge in [0.15, 0.2) is 0 Å². The van der Waals surface area contributed by atoms with Crippen LogP contribution in [-0.2, 0) is 15.9 Å². The molecular weight excluding hydrogens is 420 g/mol. The largest absolute Gasteiger partial charge is 0.488 e. The van der Waals surface area contributed by atoms with Crippen molar-refractivity contribution in [1.82, 2.24) is 0 Å². The standard InChI is InChI=1S/C24H29ClO6/c25-21-6-3-16(24-12-18(27)11-20(13-26)31-24)10-17(21)9-15-1-4-19(5-2-15)30-23-7-8-29-14-22(23)28/h1-6,10,18,20,22-24,26-28H,7-9,11-14H2/t18-,20-,22?,23?,24+/m0/s1. The predicted octanol–water partition coefficient (Wildman–Crippen LogP) is 3.03. The molecule has 2 saturated heterocycles. The summed E-state index contributed by atoms with van der Waals surface area (Å²) in [5.74, 6) is 0.717. The Hall–Kier alpha value is -1.67. The van der Waals surface area contributed by atoms with Gasteiger partial charge in [-0.2, -0.15) is 0 Å². The van der Waals surface area contributed by atoms with E-state index in [2.05, 4.69) is 0 Å². The van der Waals surface area contributed by atoms with Crippen molar-refractivity contribution in [2.24, 2.45) is 0 Å². The SMILES string of the molecule is OC[C@@H]1C[C@H](O)C[C@H](c2ccc(Cl)c(Cc3ccc(OC4CCOCC4O)cc3)c2)O1. The molecule has 168 valence electrons.